The molecule has 2 N–H and O–H groups in total. The lowest BCUT2D eigenvalue weighted by atomic mass is 10.00. The van der Waals surface area contributed by atoms with Crippen molar-refractivity contribution in [2.45, 2.75) is 73.8 Å². The van der Waals surface area contributed by atoms with Gasteiger partial charge in [0, 0.05) is 12.6 Å². The number of amides is 2. The summed E-state index contributed by atoms with van der Waals surface area (Å²) in [6.45, 7) is 17.9. The highest BCUT2D eigenvalue weighted by Crippen LogP contribution is 2.13. The number of hydrogen-bond acceptors (Lipinski definition) is 4. The molecule has 1 saturated heterocycles. The van der Waals surface area contributed by atoms with Gasteiger partial charge in [0.25, 0.3) is 0 Å². The summed E-state index contributed by atoms with van der Waals surface area (Å²) in [7, 11) is 1.59. The Kier molecular flexibility index (Phi) is 18.1. The number of likely N-dealkylation sites (N-methyl/N-ethyl adjacent to an activating group) is 1. The average molecular weight is 428 g/mol. The molecule has 1 atom stereocenters. The number of nitrogens with zero attached hydrogens (tertiary/aromatic N) is 2. The van der Waals surface area contributed by atoms with E-state index >= 15 is 0 Å². The molecule has 1 aliphatic heterocycles. The van der Waals surface area contributed by atoms with E-state index in [0.717, 1.165) is 5.92 Å². The Morgan fingerprint density at radius 1 is 1.10 bits per heavy atom. The zero-order chi connectivity index (χ0) is 23.7. The van der Waals surface area contributed by atoms with Crippen LogP contribution in [0, 0.1) is 11.8 Å². The van der Waals surface area contributed by atoms with Crippen molar-refractivity contribution in [3.63, 3.8) is 0 Å². The predicted octanol–water partition coefficient (Wildman–Crippen LogP) is 3.40. The molecule has 0 spiro atoms. The first-order chi connectivity index (χ1) is 14.0. The number of rotatable bonds is 8. The van der Waals surface area contributed by atoms with E-state index in [4.69, 9.17) is 5.11 Å². The van der Waals surface area contributed by atoms with Gasteiger partial charge >= 0.3 is 5.97 Å². The number of carboxylic acid groups (broad SMARTS) is 1. The molecule has 0 aromatic heterocycles. The fraction of sp³-hybridized carbons (Fsp3) is 0.783. The Bertz CT molecular complexity index is 510. The van der Waals surface area contributed by atoms with Crippen molar-refractivity contribution in [3.05, 3.63) is 11.6 Å². The second-order valence-corrected chi connectivity index (χ2v) is 8.62. The molecule has 1 fully saturated rings. The van der Waals surface area contributed by atoms with Gasteiger partial charge in [-0.15, -0.1) is 0 Å². The molecule has 1 aliphatic rings. The molecule has 176 valence electrons. The highest BCUT2D eigenvalue weighted by molar-refractivity contribution is 5.86. The van der Waals surface area contributed by atoms with Crippen LogP contribution in [0.4, 0.5) is 0 Å². The second kappa shape index (κ2) is 17.9. The van der Waals surface area contributed by atoms with Crippen molar-refractivity contribution in [3.8, 4) is 0 Å². The van der Waals surface area contributed by atoms with Crippen LogP contribution in [-0.4, -0.2) is 72.5 Å². The number of carboxylic acids is 1. The molecular weight excluding hydrogens is 382 g/mol. The normalized spacial score (nSPS) is 15.3. The van der Waals surface area contributed by atoms with E-state index in [-0.39, 0.29) is 30.0 Å². The molecule has 7 nitrogen and oxygen atoms in total. The van der Waals surface area contributed by atoms with Crippen LogP contribution in [0.25, 0.3) is 0 Å². The van der Waals surface area contributed by atoms with Crippen LogP contribution in [0.5, 0.6) is 0 Å². The average Bonchev–Trinajstić information content (AvgIpc) is 2.69. The molecule has 1 heterocycles. The predicted molar refractivity (Wildman–Crippen MR) is 123 cm³/mol. The van der Waals surface area contributed by atoms with Gasteiger partial charge in [-0.2, -0.15) is 0 Å². The Labute approximate surface area is 183 Å². The van der Waals surface area contributed by atoms with Crippen LogP contribution < -0.4 is 5.32 Å². The summed E-state index contributed by atoms with van der Waals surface area (Å²) in [5.74, 6) is -0.368. The first-order valence-electron chi connectivity index (χ1n) is 11.0. The van der Waals surface area contributed by atoms with E-state index in [9.17, 15) is 14.4 Å². The maximum Gasteiger partial charge on any atom is 0.331 e. The van der Waals surface area contributed by atoms with Crippen LogP contribution in [0.3, 0.4) is 0 Å². The van der Waals surface area contributed by atoms with Gasteiger partial charge in [0.1, 0.15) is 0 Å². The van der Waals surface area contributed by atoms with Gasteiger partial charge in [0.2, 0.25) is 12.3 Å². The molecule has 30 heavy (non-hydrogen) atoms. The molecule has 7 heteroatoms. The highest BCUT2D eigenvalue weighted by Gasteiger charge is 2.21. The van der Waals surface area contributed by atoms with Crippen molar-refractivity contribution in [2.24, 2.45) is 11.8 Å². The van der Waals surface area contributed by atoms with Crippen LogP contribution in [0.1, 0.15) is 67.7 Å². The summed E-state index contributed by atoms with van der Waals surface area (Å²) in [5.41, 5.74) is 0.191. The minimum Gasteiger partial charge on any atom is -0.478 e. The minimum atomic E-state index is -1.01. The Morgan fingerprint density at radius 3 is 1.93 bits per heavy atom. The molecule has 0 radical (unpaired) electrons. The number of aliphatic carboxylic acids is 1. The summed E-state index contributed by atoms with van der Waals surface area (Å²) in [6.07, 6.45) is 6.30. The third kappa shape index (κ3) is 16.0. The van der Waals surface area contributed by atoms with Gasteiger partial charge in [-0.05, 0) is 51.2 Å². The molecule has 0 aliphatic carbocycles. The van der Waals surface area contributed by atoms with Crippen LogP contribution in [0.2, 0.25) is 0 Å². The van der Waals surface area contributed by atoms with E-state index < -0.39 is 5.97 Å². The van der Waals surface area contributed by atoms with Gasteiger partial charge in [-0.25, -0.2) is 4.79 Å². The number of carbonyl (C=O) groups is 3. The van der Waals surface area contributed by atoms with Crippen molar-refractivity contribution in [1.29, 1.82) is 0 Å². The molecule has 0 unspecified atom stereocenters. The maximum absolute atomic E-state index is 11.7. The minimum absolute atomic E-state index is 0.0736. The lowest BCUT2D eigenvalue weighted by Gasteiger charge is -2.29. The fourth-order valence-corrected chi connectivity index (χ4v) is 2.77. The molecule has 2 amide bonds. The summed E-state index contributed by atoms with van der Waals surface area (Å²) in [5, 5.41) is 11.1. The molecule has 0 bridgehead atoms. The van der Waals surface area contributed by atoms with Gasteiger partial charge in [0.05, 0.1) is 12.6 Å². The summed E-state index contributed by atoms with van der Waals surface area (Å²) >= 11 is 0. The third-order valence-corrected chi connectivity index (χ3v) is 4.51. The van der Waals surface area contributed by atoms with Gasteiger partial charge < -0.3 is 20.2 Å². The van der Waals surface area contributed by atoms with E-state index in [1.807, 2.05) is 13.8 Å². The van der Waals surface area contributed by atoms with E-state index in [1.165, 1.54) is 50.7 Å². The summed E-state index contributed by atoms with van der Waals surface area (Å²) < 4.78 is 0. The third-order valence-electron chi connectivity index (χ3n) is 4.51. The number of nitrogens with one attached hydrogen (secondary N) is 1. The van der Waals surface area contributed by atoms with Crippen LogP contribution in [0.15, 0.2) is 11.6 Å². The molecule has 0 saturated carbocycles. The second-order valence-electron chi connectivity index (χ2n) is 8.62. The van der Waals surface area contributed by atoms with Crippen LogP contribution >= 0.6 is 0 Å². The van der Waals surface area contributed by atoms with Crippen molar-refractivity contribution in [2.75, 3.05) is 33.2 Å². The zero-order valence-corrected chi connectivity index (χ0v) is 20.4. The first kappa shape index (κ1) is 30.3. The SMILES string of the molecule is C/C(=C\[C@H](C(C)C)N(C)C(=O)CNC=O)C(=O)O.CC(C)C.CCN1CCCCC1. The topological polar surface area (TPSA) is 90.0 Å². The molecule has 1 rings (SSSR count). The highest BCUT2D eigenvalue weighted by atomic mass is 16.4. The number of hydrogen-bond donors (Lipinski definition) is 2. The Hall–Kier alpha value is -1.89. The smallest absolute Gasteiger partial charge is 0.331 e. The quantitative estimate of drug-likeness (QED) is 0.458. The number of likely N-dealkylation sites (tertiary alicyclic amines) is 1. The largest absolute Gasteiger partial charge is 0.478 e. The number of carbonyl (C=O) groups excluding carboxylic acids is 2. The van der Waals surface area contributed by atoms with E-state index in [1.54, 1.807) is 13.1 Å². The van der Waals surface area contributed by atoms with Crippen LogP contribution in [-0.2, 0) is 14.4 Å². The fourth-order valence-electron chi connectivity index (χ4n) is 2.77. The standard InChI is InChI=1S/C12H20N2O4.C7H15N.C4H10/c1-8(2)10(5-9(3)12(17)18)14(4)11(16)6-13-7-15;1-2-8-6-4-3-5-7-8;1-4(2)3/h5,7-8,10H,6H2,1-4H3,(H,13,15)(H,17,18);2-7H2,1H3;4H,1-3H3/b9-5+;;/t10-;;/m1../s1. The van der Waals surface area contributed by atoms with Gasteiger partial charge in [-0.3, -0.25) is 9.59 Å². The van der Waals surface area contributed by atoms with Crippen molar-refractivity contribution >= 4 is 18.3 Å². The Balaban J connectivity index is 0. The molecular formula is C23H45N3O4. The van der Waals surface area contributed by atoms with Crippen molar-refractivity contribution in [1.82, 2.24) is 15.1 Å². The van der Waals surface area contributed by atoms with Gasteiger partial charge in [-0.1, -0.05) is 54.0 Å². The lowest BCUT2D eigenvalue weighted by Crippen LogP contribution is -2.43. The molecule has 0 aromatic rings. The lowest BCUT2D eigenvalue weighted by molar-refractivity contribution is -0.133. The first-order valence-corrected chi connectivity index (χ1v) is 11.0. The van der Waals surface area contributed by atoms with E-state index in [2.05, 4.69) is 37.9 Å². The van der Waals surface area contributed by atoms with Crippen molar-refractivity contribution < 1.29 is 19.5 Å². The van der Waals surface area contributed by atoms with E-state index in [0.29, 0.717) is 6.41 Å². The summed E-state index contributed by atoms with van der Waals surface area (Å²) in [6, 6.07) is -0.318. The maximum atomic E-state index is 11.7. The summed E-state index contributed by atoms with van der Waals surface area (Å²) in [4.78, 5) is 36.6. The monoisotopic (exact) mass is 427 g/mol. The zero-order valence-electron chi connectivity index (χ0n) is 20.4. The van der Waals surface area contributed by atoms with Gasteiger partial charge in [0.15, 0.2) is 0 Å². The number of piperidine rings is 1. The molecule has 0 aromatic carbocycles. The Morgan fingerprint density at radius 2 is 1.60 bits per heavy atom.